The number of nitrogens with zero attached hydrogens (tertiary/aromatic N) is 2. The van der Waals surface area contributed by atoms with Crippen LogP contribution in [0, 0.1) is 62.3 Å². The van der Waals surface area contributed by atoms with Gasteiger partial charge in [-0.25, -0.2) is 4.98 Å². The molecule has 2 aromatic heterocycles. The Morgan fingerprint density at radius 2 is 1.15 bits per heavy atom. The lowest BCUT2D eigenvalue weighted by molar-refractivity contribution is 1.02. The van der Waals surface area contributed by atoms with Gasteiger partial charge in [-0.3, -0.25) is 0 Å². The van der Waals surface area contributed by atoms with Crippen molar-refractivity contribution in [3.05, 3.63) is 74.4 Å². The van der Waals surface area contributed by atoms with E-state index in [2.05, 4.69) is 73.3 Å². The standard InChI is InChI=1S/C24H30N2/c1-12-13(2)17(6)22(18(7)14(12)3)20(9)23-24-19(8)15(4)16(5)21(10)26(24)11-25-23/h11H,9H2,1-8,10H3. The maximum atomic E-state index is 4.80. The largest absolute Gasteiger partial charge is 0.302 e. The van der Waals surface area contributed by atoms with Crippen molar-refractivity contribution in [2.45, 2.75) is 62.3 Å². The van der Waals surface area contributed by atoms with Crippen LogP contribution in [0.25, 0.3) is 11.1 Å². The Morgan fingerprint density at radius 1 is 0.692 bits per heavy atom. The highest BCUT2D eigenvalue weighted by molar-refractivity contribution is 5.89. The van der Waals surface area contributed by atoms with Gasteiger partial charge in [0.1, 0.15) is 6.33 Å². The van der Waals surface area contributed by atoms with Crippen molar-refractivity contribution >= 4 is 11.1 Å². The minimum atomic E-state index is 1.00. The van der Waals surface area contributed by atoms with E-state index < -0.39 is 0 Å². The monoisotopic (exact) mass is 346 g/mol. The van der Waals surface area contributed by atoms with E-state index in [0.717, 1.165) is 11.3 Å². The van der Waals surface area contributed by atoms with E-state index in [1.54, 1.807) is 0 Å². The molecule has 0 fully saturated rings. The second-order valence-corrected chi connectivity index (χ2v) is 7.75. The van der Waals surface area contributed by atoms with Crippen molar-refractivity contribution in [2.24, 2.45) is 0 Å². The molecule has 0 amide bonds. The number of hydrogen-bond donors (Lipinski definition) is 0. The van der Waals surface area contributed by atoms with Gasteiger partial charge >= 0.3 is 0 Å². The first-order valence-electron chi connectivity index (χ1n) is 9.29. The van der Waals surface area contributed by atoms with Crippen molar-refractivity contribution in [3.8, 4) is 0 Å². The van der Waals surface area contributed by atoms with E-state index in [1.807, 2.05) is 6.33 Å². The Morgan fingerprint density at radius 3 is 1.69 bits per heavy atom. The molecular weight excluding hydrogens is 316 g/mol. The molecule has 2 heterocycles. The molecule has 0 aliphatic heterocycles. The summed E-state index contributed by atoms with van der Waals surface area (Å²) in [6.07, 6.45) is 1.95. The van der Waals surface area contributed by atoms with Crippen molar-refractivity contribution in [2.75, 3.05) is 0 Å². The summed E-state index contributed by atoms with van der Waals surface area (Å²) in [5, 5.41) is 0. The predicted molar refractivity (Wildman–Crippen MR) is 112 cm³/mol. The Kier molecular flexibility index (Phi) is 4.34. The SMILES string of the molecule is C=C(c1c(C)c(C)c(C)c(C)c1C)c1ncn2c(C)c(C)c(C)c(C)c12. The van der Waals surface area contributed by atoms with Gasteiger partial charge in [-0.05, 0) is 112 Å². The Labute approximate surface area is 157 Å². The van der Waals surface area contributed by atoms with Crippen LogP contribution < -0.4 is 0 Å². The van der Waals surface area contributed by atoms with Gasteiger partial charge in [-0.1, -0.05) is 6.58 Å². The summed E-state index contributed by atoms with van der Waals surface area (Å²) in [6, 6.07) is 0. The van der Waals surface area contributed by atoms with Crippen LogP contribution in [0.5, 0.6) is 0 Å². The number of aryl methyl sites for hydroxylation is 2. The number of hydrogen-bond acceptors (Lipinski definition) is 1. The topological polar surface area (TPSA) is 17.3 Å². The predicted octanol–water partition coefficient (Wildman–Crippen LogP) is 6.17. The highest BCUT2D eigenvalue weighted by Gasteiger charge is 2.21. The molecule has 0 saturated heterocycles. The first kappa shape index (κ1) is 18.4. The molecule has 2 nitrogen and oxygen atoms in total. The third kappa shape index (κ3) is 2.35. The van der Waals surface area contributed by atoms with Gasteiger partial charge in [0.05, 0.1) is 11.2 Å². The zero-order chi connectivity index (χ0) is 19.5. The molecular formula is C24H30N2. The lowest BCUT2D eigenvalue weighted by Crippen LogP contribution is -2.04. The van der Waals surface area contributed by atoms with Crippen LogP contribution in [0.15, 0.2) is 12.9 Å². The zero-order valence-electron chi connectivity index (χ0n) is 17.7. The van der Waals surface area contributed by atoms with E-state index in [4.69, 9.17) is 4.98 Å². The lowest BCUT2D eigenvalue weighted by atomic mass is 9.85. The minimum absolute atomic E-state index is 1.00. The normalized spacial score (nSPS) is 11.4. The van der Waals surface area contributed by atoms with Crippen LogP contribution in [0.3, 0.4) is 0 Å². The second kappa shape index (κ2) is 6.12. The smallest absolute Gasteiger partial charge is 0.100 e. The molecule has 0 atom stereocenters. The van der Waals surface area contributed by atoms with Gasteiger partial charge in [0, 0.05) is 11.3 Å². The summed E-state index contributed by atoms with van der Waals surface area (Å²) in [4.78, 5) is 4.80. The van der Waals surface area contributed by atoms with E-state index >= 15 is 0 Å². The molecule has 0 spiro atoms. The van der Waals surface area contributed by atoms with Crippen LogP contribution in [-0.4, -0.2) is 9.38 Å². The van der Waals surface area contributed by atoms with Gasteiger partial charge < -0.3 is 4.40 Å². The Bertz CT molecular complexity index is 1050. The van der Waals surface area contributed by atoms with Gasteiger partial charge in [0.15, 0.2) is 0 Å². The van der Waals surface area contributed by atoms with E-state index in [-0.39, 0.29) is 0 Å². The molecule has 0 aliphatic rings. The molecule has 0 radical (unpaired) electrons. The molecule has 3 aromatic rings. The summed E-state index contributed by atoms with van der Waals surface area (Å²) in [5.41, 5.74) is 16.4. The zero-order valence-corrected chi connectivity index (χ0v) is 17.7. The molecule has 1 aromatic carbocycles. The average Bonchev–Trinajstić information content (AvgIpc) is 3.06. The van der Waals surface area contributed by atoms with E-state index in [1.165, 1.54) is 61.3 Å². The highest BCUT2D eigenvalue weighted by Crippen LogP contribution is 2.36. The Balaban J connectivity index is 2.36. The van der Waals surface area contributed by atoms with Crippen LogP contribution in [-0.2, 0) is 0 Å². The fourth-order valence-electron chi connectivity index (χ4n) is 4.16. The minimum Gasteiger partial charge on any atom is -0.302 e. The third-order valence-electron chi connectivity index (χ3n) is 6.74. The van der Waals surface area contributed by atoms with Crippen LogP contribution >= 0.6 is 0 Å². The van der Waals surface area contributed by atoms with Crippen LogP contribution in [0.1, 0.15) is 61.5 Å². The summed E-state index contributed by atoms with van der Waals surface area (Å²) >= 11 is 0. The first-order chi connectivity index (χ1) is 12.1. The number of rotatable bonds is 2. The maximum Gasteiger partial charge on any atom is 0.100 e. The van der Waals surface area contributed by atoms with E-state index in [0.29, 0.717) is 0 Å². The fraction of sp³-hybridized carbons (Fsp3) is 0.375. The molecule has 2 heteroatoms. The van der Waals surface area contributed by atoms with Crippen LogP contribution in [0.4, 0.5) is 0 Å². The summed E-state index contributed by atoms with van der Waals surface area (Å²) in [6.45, 7) is 24.3. The molecule has 3 rings (SSSR count). The van der Waals surface area contributed by atoms with Gasteiger partial charge in [-0.15, -0.1) is 0 Å². The van der Waals surface area contributed by atoms with Crippen molar-refractivity contribution in [1.29, 1.82) is 0 Å². The quantitative estimate of drug-likeness (QED) is 0.542. The van der Waals surface area contributed by atoms with Gasteiger partial charge in [0.2, 0.25) is 0 Å². The number of benzene rings is 1. The van der Waals surface area contributed by atoms with Gasteiger partial charge in [0.25, 0.3) is 0 Å². The number of aromatic nitrogens is 2. The Hall–Kier alpha value is -2.35. The number of fused-ring (bicyclic) bond motifs is 1. The maximum absolute atomic E-state index is 4.80. The second-order valence-electron chi connectivity index (χ2n) is 7.75. The third-order valence-corrected chi connectivity index (χ3v) is 6.74. The summed E-state index contributed by atoms with van der Waals surface area (Å²) < 4.78 is 2.22. The van der Waals surface area contributed by atoms with Gasteiger partial charge in [-0.2, -0.15) is 0 Å². The van der Waals surface area contributed by atoms with Crippen molar-refractivity contribution in [1.82, 2.24) is 9.38 Å². The summed E-state index contributed by atoms with van der Waals surface area (Å²) in [7, 11) is 0. The molecule has 0 bridgehead atoms. The molecule has 0 aliphatic carbocycles. The molecule has 0 saturated carbocycles. The molecule has 26 heavy (non-hydrogen) atoms. The fourth-order valence-corrected chi connectivity index (χ4v) is 4.16. The summed E-state index contributed by atoms with van der Waals surface area (Å²) in [5.74, 6) is 0. The number of imidazole rings is 1. The molecule has 0 unspecified atom stereocenters. The number of pyridine rings is 1. The van der Waals surface area contributed by atoms with Crippen molar-refractivity contribution in [3.63, 3.8) is 0 Å². The highest BCUT2D eigenvalue weighted by atomic mass is 15.0. The van der Waals surface area contributed by atoms with Crippen molar-refractivity contribution < 1.29 is 0 Å². The van der Waals surface area contributed by atoms with Crippen LogP contribution in [0.2, 0.25) is 0 Å². The lowest BCUT2D eigenvalue weighted by Gasteiger charge is -2.20. The van der Waals surface area contributed by atoms with E-state index in [9.17, 15) is 0 Å². The average molecular weight is 347 g/mol. The molecule has 0 N–H and O–H groups in total. The molecule has 136 valence electrons. The first-order valence-corrected chi connectivity index (χ1v) is 9.29.